The molecule has 1 atom stereocenters. The van der Waals surface area contributed by atoms with Gasteiger partial charge in [0.15, 0.2) is 0 Å². The number of anilines is 1. The van der Waals surface area contributed by atoms with Crippen LogP contribution < -0.4 is 4.90 Å². The van der Waals surface area contributed by atoms with Crippen LogP contribution in [0.25, 0.3) is 5.57 Å². The molecule has 8 nitrogen and oxygen atoms in total. The maximum Gasteiger partial charge on any atom is 0.207 e. The molecule has 0 radical (unpaired) electrons. The molecule has 0 spiro atoms. The third kappa shape index (κ3) is 6.66. The number of hydrogen-bond donors (Lipinski definition) is 6. The molecule has 0 saturated carbocycles. The van der Waals surface area contributed by atoms with E-state index in [-0.39, 0.29) is 45.3 Å². The first-order valence-corrected chi connectivity index (χ1v) is 14.2. The number of aliphatic hydroxyl groups is 4. The lowest BCUT2D eigenvalue weighted by Crippen LogP contribution is -2.32. The van der Waals surface area contributed by atoms with Crippen LogP contribution in [-0.2, 0) is 0 Å². The smallest absolute Gasteiger partial charge is 0.207 e. The highest BCUT2D eigenvalue weighted by Gasteiger charge is 2.42. The molecule has 220 valence electrons. The van der Waals surface area contributed by atoms with Crippen molar-refractivity contribution in [3.05, 3.63) is 58.3 Å². The average Bonchev–Trinajstić information content (AvgIpc) is 2.81. The van der Waals surface area contributed by atoms with Crippen LogP contribution in [0.5, 0.6) is 11.5 Å². The molecule has 0 aliphatic heterocycles. The number of hydrogen-bond acceptors (Lipinski definition) is 7. The third-order valence-corrected chi connectivity index (χ3v) is 6.83. The number of phenols is 2. The van der Waals surface area contributed by atoms with Crippen LogP contribution in [0.4, 0.5) is 5.69 Å². The van der Waals surface area contributed by atoms with E-state index < -0.39 is 11.9 Å². The lowest BCUT2D eigenvalue weighted by atomic mass is 9.77. The van der Waals surface area contributed by atoms with Gasteiger partial charge in [-0.2, -0.15) is 0 Å². The highest BCUT2D eigenvalue weighted by molar-refractivity contribution is 6.04. The molecular weight excluding hydrogens is 508 g/mol. The Morgan fingerprint density at radius 3 is 1.52 bits per heavy atom. The van der Waals surface area contributed by atoms with E-state index in [0.717, 1.165) is 26.2 Å². The van der Waals surface area contributed by atoms with E-state index in [1.54, 1.807) is 0 Å². The first-order chi connectivity index (χ1) is 18.6. The van der Waals surface area contributed by atoms with E-state index in [4.69, 9.17) is 0 Å². The Labute approximate surface area is 238 Å². The van der Waals surface area contributed by atoms with Gasteiger partial charge < -0.3 is 35.5 Å². The molecule has 1 aromatic rings. The molecule has 40 heavy (non-hydrogen) atoms. The summed E-state index contributed by atoms with van der Waals surface area (Å²) in [5, 5.41) is 65.7. The molecule has 0 bridgehead atoms. The first-order valence-electron chi connectivity index (χ1n) is 14.2. The highest BCUT2D eigenvalue weighted by atomic mass is 16.3. The quantitative estimate of drug-likeness (QED) is 0.201. The molecule has 1 unspecified atom stereocenters. The van der Waals surface area contributed by atoms with Gasteiger partial charge in [-0.1, -0.05) is 55.4 Å². The lowest BCUT2D eigenvalue weighted by Gasteiger charge is -2.33. The second-order valence-corrected chi connectivity index (χ2v) is 12.7. The van der Waals surface area contributed by atoms with Gasteiger partial charge in [-0.15, -0.1) is 0 Å². The lowest BCUT2D eigenvalue weighted by molar-refractivity contribution is -0.538. The number of allylic oxidation sites excluding steroid dienone is 2. The van der Waals surface area contributed by atoms with Gasteiger partial charge in [0.2, 0.25) is 5.71 Å². The molecular formula is C32H47N2O6+. The van der Waals surface area contributed by atoms with Crippen molar-refractivity contribution in [2.45, 2.75) is 61.5 Å². The molecule has 2 aliphatic carbocycles. The van der Waals surface area contributed by atoms with E-state index >= 15 is 0 Å². The summed E-state index contributed by atoms with van der Waals surface area (Å²) in [6, 6.07) is 3.04. The normalized spacial score (nSPS) is 17.7. The molecule has 1 aromatic carbocycles. The van der Waals surface area contributed by atoms with Gasteiger partial charge in [-0.25, -0.2) is 4.58 Å². The Morgan fingerprint density at radius 1 is 0.700 bits per heavy atom. The highest BCUT2D eigenvalue weighted by Crippen LogP contribution is 2.50. The monoisotopic (exact) mass is 555 g/mol. The molecule has 2 aliphatic rings. The third-order valence-electron chi connectivity index (χ3n) is 6.83. The Morgan fingerprint density at radius 2 is 1.15 bits per heavy atom. The van der Waals surface area contributed by atoms with Crippen LogP contribution in [-0.4, -0.2) is 73.2 Å². The molecule has 0 amide bonds. The molecule has 0 aromatic heterocycles. The van der Waals surface area contributed by atoms with Crippen LogP contribution in [0.3, 0.4) is 0 Å². The average molecular weight is 556 g/mol. The van der Waals surface area contributed by atoms with Crippen molar-refractivity contribution in [2.24, 2.45) is 23.7 Å². The Hall–Kier alpha value is -3.39. The van der Waals surface area contributed by atoms with E-state index in [1.165, 1.54) is 24.3 Å². The fraction of sp³-hybridized carbons (Fsp3) is 0.531. The van der Waals surface area contributed by atoms with Crippen molar-refractivity contribution in [3.63, 3.8) is 0 Å². The Kier molecular flexibility index (Phi) is 9.67. The minimum Gasteiger partial charge on any atom is -0.507 e. The van der Waals surface area contributed by atoms with Gasteiger partial charge in [-0.3, -0.25) is 0 Å². The topological polar surface area (TPSA) is 128 Å². The van der Waals surface area contributed by atoms with Crippen molar-refractivity contribution in [1.82, 2.24) is 0 Å². The number of phenolic OH excluding ortho intramolecular Hbond substituents is 2. The largest absolute Gasteiger partial charge is 0.507 e. The molecule has 3 rings (SSSR count). The van der Waals surface area contributed by atoms with E-state index in [2.05, 4.69) is 64.9 Å². The second-order valence-electron chi connectivity index (χ2n) is 12.7. The summed E-state index contributed by atoms with van der Waals surface area (Å²) in [4.78, 5) is 2.08. The van der Waals surface area contributed by atoms with E-state index in [0.29, 0.717) is 35.1 Å². The number of aliphatic hydroxyl groups excluding tert-OH is 4. The zero-order chi connectivity index (χ0) is 30.0. The zero-order valence-corrected chi connectivity index (χ0v) is 25.1. The SMILES string of the molecule is CC(C)CN(CC(C)C)c1cc(O)c(C2=C(O)C(=C3C(O)=CC(=[N+](CC(C)C)CC(C)C)C=C3O)C2O)c(O)c1. The number of rotatable bonds is 10. The van der Waals surface area contributed by atoms with E-state index in [1.807, 2.05) is 0 Å². The van der Waals surface area contributed by atoms with Crippen molar-refractivity contribution in [2.75, 3.05) is 31.1 Å². The van der Waals surface area contributed by atoms with E-state index in [9.17, 15) is 30.6 Å². The van der Waals surface area contributed by atoms with Gasteiger partial charge in [0.25, 0.3) is 0 Å². The maximum absolute atomic E-state index is 11.1. The molecule has 0 fully saturated rings. The molecule has 0 saturated heterocycles. The maximum atomic E-state index is 11.1. The van der Waals surface area contributed by atoms with Gasteiger partial charge in [0, 0.05) is 53.9 Å². The molecule has 0 heterocycles. The van der Waals surface area contributed by atoms with Crippen LogP contribution >= 0.6 is 0 Å². The standard InChI is InChI=1S/C32H46N2O6/c1-17(2)13-33(14-18(3)4)21-9-23(35)27(24(36)10-21)29-31(39)30(32(29)40)28-25(37)11-22(12-26(28)38)34(15-19(5)6)16-20(7)8/h9-12,17-20,31,39H,13-16H2,1-8H3,(H4,35,36,37,38,40)/p+1. The number of benzene rings is 1. The minimum atomic E-state index is -1.45. The summed E-state index contributed by atoms with van der Waals surface area (Å²) < 4.78 is 2.08. The predicted octanol–water partition coefficient (Wildman–Crippen LogP) is 5.82. The summed E-state index contributed by atoms with van der Waals surface area (Å²) in [6.07, 6.45) is 1.59. The van der Waals surface area contributed by atoms with Crippen molar-refractivity contribution in [1.29, 1.82) is 0 Å². The van der Waals surface area contributed by atoms with Gasteiger partial charge >= 0.3 is 0 Å². The minimum absolute atomic E-state index is 0.0695. The van der Waals surface area contributed by atoms with Crippen LogP contribution in [0, 0.1) is 23.7 Å². The molecule has 6 N–H and O–H groups in total. The Bertz CT molecular complexity index is 1210. The second kappa shape index (κ2) is 12.4. The zero-order valence-electron chi connectivity index (χ0n) is 25.1. The number of aromatic hydroxyl groups is 2. The predicted molar refractivity (Wildman–Crippen MR) is 160 cm³/mol. The Balaban J connectivity index is 2.05. The summed E-state index contributed by atoms with van der Waals surface area (Å²) >= 11 is 0. The fourth-order valence-electron chi connectivity index (χ4n) is 5.43. The molecule has 8 heteroatoms. The van der Waals surface area contributed by atoms with Gasteiger partial charge in [0.1, 0.15) is 48.0 Å². The van der Waals surface area contributed by atoms with Crippen molar-refractivity contribution < 1.29 is 35.2 Å². The number of nitrogens with zero attached hydrogens (tertiary/aromatic N) is 2. The van der Waals surface area contributed by atoms with Crippen LogP contribution in [0.1, 0.15) is 61.0 Å². The summed E-state index contributed by atoms with van der Waals surface area (Å²) in [5.41, 5.74) is 0.971. The first kappa shape index (κ1) is 31.1. The summed E-state index contributed by atoms with van der Waals surface area (Å²) in [6.45, 7) is 19.7. The van der Waals surface area contributed by atoms with Gasteiger partial charge in [0.05, 0.1) is 23.3 Å². The van der Waals surface area contributed by atoms with Crippen molar-refractivity contribution >= 4 is 17.0 Å². The summed E-state index contributed by atoms with van der Waals surface area (Å²) in [7, 11) is 0. The summed E-state index contributed by atoms with van der Waals surface area (Å²) in [5.74, 6) is -0.119. The van der Waals surface area contributed by atoms with Crippen LogP contribution in [0.15, 0.2) is 52.7 Å². The van der Waals surface area contributed by atoms with Crippen LogP contribution in [0.2, 0.25) is 0 Å². The fourth-order valence-corrected chi connectivity index (χ4v) is 5.43. The van der Waals surface area contributed by atoms with Gasteiger partial charge in [-0.05, 0) is 11.8 Å². The van der Waals surface area contributed by atoms with Crippen molar-refractivity contribution in [3.8, 4) is 11.5 Å².